The van der Waals surface area contributed by atoms with Crippen molar-refractivity contribution in [2.75, 3.05) is 12.0 Å². The molecule has 1 aliphatic rings. The summed E-state index contributed by atoms with van der Waals surface area (Å²) in [4.78, 5) is 20.2. The molecule has 0 bridgehead atoms. The number of benzene rings is 3. The highest BCUT2D eigenvalue weighted by atomic mass is 79.9. The van der Waals surface area contributed by atoms with Gasteiger partial charge >= 0.3 is 0 Å². The number of amides is 1. The van der Waals surface area contributed by atoms with E-state index < -0.39 is 0 Å². The van der Waals surface area contributed by atoms with E-state index in [9.17, 15) is 9.90 Å². The quantitative estimate of drug-likeness (QED) is 0.360. The third-order valence-corrected chi connectivity index (χ3v) is 7.61. The van der Waals surface area contributed by atoms with Crippen molar-refractivity contribution in [1.82, 2.24) is 0 Å². The molecule has 31 heavy (non-hydrogen) atoms. The normalized spacial score (nSPS) is 16.4. The maximum atomic E-state index is 13.4. The molecule has 3 aromatic carbocycles. The average Bonchev–Trinajstić information content (AvgIpc) is 3.09. The molecule has 8 heteroatoms. The average molecular weight is 560 g/mol. The van der Waals surface area contributed by atoms with Crippen molar-refractivity contribution < 1.29 is 14.6 Å². The summed E-state index contributed by atoms with van der Waals surface area (Å²) in [5.74, 6) is 0.107. The van der Waals surface area contributed by atoms with E-state index in [0.29, 0.717) is 30.3 Å². The fourth-order valence-corrected chi connectivity index (χ4v) is 4.81. The van der Waals surface area contributed by atoms with Gasteiger partial charge in [0.25, 0.3) is 5.91 Å². The van der Waals surface area contributed by atoms with Crippen molar-refractivity contribution in [3.63, 3.8) is 0 Å². The number of carbonyl (C=O) groups excluding carboxylic acids is 1. The number of hydrogen-bond acceptors (Lipinski definition) is 5. The minimum Gasteiger partial charge on any atom is -0.503 e. The predicted molar refractivity (Wildman–Crippen MR) is 133 cm³/mol. The molecule has 0 unspecified atom stereocenters. The van der Waals surface area contributed by atoms with Crippen LogP contribution in [0.4, 0.5) is 11.4 Å². The van der Waals surface area contributed by atoms with Crippen LogP contribution in [0.25, 0.3) is 6.08 Å². The van der Waals surface area contributed by atoms with Gasteiger partial charge in [-0.1, -0.05) is 36.4 Å². The lowest BCUT2D eigenvalue weighted by Crippen LogP contribution is -2.28. The molecule has 1 N–H and O–H groups in total. The van der Waals surface area contributed by atoms with Crippen molar-refractivity contribution in [1.29, 1.82) is 0 Å². The minimum absolute atomic E-state index is 0.0147. The summed E-state index contributed by atoms with van der Waals surface area (Å²) in [5, 5.41) is 10.8. The second-order valence-electron chi connectivity index (χ2n) is 6.46. The van der Waals surface area contributed by atoms with Crippen molar-refractivity contribution in [3.05, 3.63) is 86.1 Å². The number of amidine groups is 1. The van der Waals surface area contributed by atoms with E-state index in [0.717, 1.165) is 11.4 Å². The standard InChI is InChI=1S/C23H16Br2N2O3S/c1-30-17-12-14(19(24)20(25)21(17)28)13-18-22(29)27(16-10-6-3-7-11-16)23(31-18)26-15-8-4-2-5-9-15/h2-13,28H,1H3. The zero-order valence-corrected chi connectivity index (χ0v) is 20.2. The van der Waals surface area contributed by atoms with Crippen LogP contribution in [0, 0.1) is 0 Å². The van der Waals surface area contributed by atoms with Crippen LogP contribution in [0.1, 0.15) is 5.56 Å². The molecular formula is C23H16Br2N2O3S. The first-order valence-electron chi connectivity index (χ1n) is 9.17. The first kappa shape index (κ1) is 21.7. The van der Waals surface area contributed by atoms with Crippen LogP contribution in [0.5, 0.6) is 11.5 Å². The zero-order chi connectivity index (χ0) is 22.0. The zero-order valence-electron chi connectivity index (χ0n) is 16.3. The number of aliphatic imine (C=N–C) groups is 1. The largest absolute Gasteiger partial charge is 0.503 e. The van der Waals surface area contributed by atoms with Gasteiger partial charge in [-0.15, -0.1) is 0 Å². The lowest BCUT2D eigenvalue weighted by molar-refractivity contribution is -0.113. The van der Waals surface area contributed by atoms with Gasteiger partial charge in [-0.05, 0) is 85.6 Å². The number of thioether (sulfide) groups is 1. The van der Waals surface area contributed by atoms with Gasteiger partial charge < -0.3 is 9.84 Å². The Morgan fingerprint density at radius 2 is 1.68 bits per heavy atom. The van der Waals surface area contributed by atoms with E-state index in [1.807, 2.05) is 60.7 Å². The number of rotatable bonds is 4. The molecular weight excluding hydrogens is 544 g/mol. The Bertz CT molecular complexity index is 1200. The Morgan fingerprint density at radius 1 is 1.03 bits per heavy atom. The molecule has 4 rings (SSSR count). The van der Waals surface area contributed by atoms with E-state index in [-0.39, 0.29) is 11.7 Å². The number of anilines is 1. The molecule has 1 fully saturated rings. The highest BCUT2D eigenvalue weighted by Gasteiger charge is 2.35. The van der Waals surface area contributed by atoms with Crippen LogP contribution in [0.3, 0.4) is 0 Å². The molecule has 3 aromatic rings. The smallest absolute Gasteiger partial charge is 0.271 e. The van der Waals surface area contributed by atoms with Crippen LogP contribution in [0.15, 0.2) is 85.6 Å². The summed E-state index contributed by atoms with van der Waals surface area (Å²) in [5.41, 5.74) is 2.18. The molecule has 5 nitrogen and oxygen atoms in total. The summed E-state index contributed by atoms with van der Waals surface area (Å²) in [7, 11) is 1.48. The van der Waals surface area contributed by atoms with Gasteiger partial charge in [-0.2, -0.15) is 0 Å². The first-order chi connectivity index (χ1) is 15.0. The molecule has 0 aliphatic carbocycles. The highest BCUT2D eigenvalue weighted by molar-refractivity contribution is 9.13. The Morgan fingerprint density at radius 3 is 2.32 bits per heavy atom. The van der Waals surface area contributed by atoms with Crippen molar-refractivity contribution in [2.45, 2.75) is 0 Å². The molecule has 0 radical (unpaired) electrons. The fourth-order valence-electron chi connectivity index (χ4n) is 2.98. The molecule has 1 aliphatic heterocycles. The van der Waals surface area contributed by atoms with Crippen LogP contribution < -0.4 is 9.64 Å². The second-order valence-corrected chi connectivity index (χ2v) is 9.06. The van der Waals surface area contributed by atoms with Gasteiger partial charge in [0.1, 0.15) is 0 Å². The van der Waals surface area contributed by atoms with E-state index in [4.69, 9.17) is 9.73 Å². The summed E-state index contributed by atoms with van der Waals surface area (Å²) in [6.45, 7) is 0. The minimum atomic E-state index is -0.180. The second kappa shape index (κ2) is 9.30. The van der Waals surface area contributed by atoms with Crippen LogP contribution in [-0.2, 0) is 4.79 Å². The third kappa shape index (κ3) is 4.42. The van der Waals surface area contributed by atoms with Gasteiger partial charge in [0.2, 0.25) is 0 Å². The molecule has 1 amide bonds. The summed E-state index contributed by atoms with van der Waals surface area (Å²) in [6.07, 6.45) is 1.76. The lowest BCUT2D eigenvalue weighted by atomic mass is 10.1. The van der Waals surface area contributed by atoms with Gasteiger partial charge in [0.15, 0.2) is 16.7 Å². The maximum absolute atomic E-state index is 13.4. The Labute approximate surface area is 200 Å². The van der Waals surface area contributed by atoms with Crippen LogP contribution in [0.2, 0.25) is 0 Å². The number of methoxy groups -OCH3 is 1. The molecule has 0 saturated carbocycles. The Balaban J connectivity index is 1.81. The van der Waals surface area contributed by atoms with E-state index in [1.165, 1.54) is 18.9 Å². The Kier molecular flexibility index (Phi) is 6.50. The number of hydrogen-bond donors (Lipinski definition) is 1. The van der Waals surface area contributed by atoms with Gasteiger partial charge in [-0.3, -0.25) is 9.69 Å². The highest BCUT2D eigenvalue weighted by Crippen LogP contribution is 2.44. The number of aromatic hydroxyl groups is 1. The third-order valence-electron chi connectivity index (χ3n) is 4.48. The van der Waals surface area contributed by atoms with Crippen LogP contribution in [-0.4, -0.2) is 23.3 Å². The molecule has 0 spiro atoms. The van der Waals surface area contributed by atoms with Gasteiger partial charge in [-0.25, -0.2) is 4.99 Å². The maximum Gasteiger partial charge on any atom is 0.271 e. The fraction of sp³-hybridized carbons (Fsp3) is 0.0435. The summed E-state index contributed by atoms with van der Waals surface area (Å²) < 4.78 is 6.32. The number of halogens is 2. The number of nitrogens with zero attached hydrogens (tertiary/aromatic N) is 2. The number of para-hydroxylation sites is 2. The summed E-state index contributed by atoms with van der Waals surface area (Å²) >= 11 is 8.13. The predicted octanol–water partition coefficient (Wildman–Crippen LogP) is 6.73. The molecule has 1 heterocycles. The first-order valence-corrected chi connectivity index (χ1v) is 11.6. The van der Waals surface area contributed by atoms with E-state index in [2.05, 4.69) is 31.9 Å². The van der Waals surface area contributed by atoms with Crippen LogP contribution >= 0.6 is 43.6 Å². The number of ether oxygens (including phenoxy) is 1. The summed E-state index contributed by atoms with van der Waals surface area (Å²) in [6, 6.07) is 20.6. The number of phenols is 1. The number of carbonyl (C=O) groups is 1. The topological polar surface area (TPSA) is 62.1 Å². The lowest BCUT2D eigenvalue weighted by Gasteiger charge is -2.15. The van der Waals surface area contributed by atoms with Crippen molar-refractivity contribution >= 4 is 72.1 Å². The Hall–Kier alpha value is -2.55. The van der Waals surface area contributed by atoms with Crippen molar-refractivity contribution in [3.8, 4) is 11.5 Å². The van der Waals surface area contributed by atoms with E-state index >= 15 is 0 Å². The molecule has 0 atom stereocenters. The molecule has 0 aromatic heterocycles. The number of phenolic OH excluding ortho intramolecular Hbond substituents is 1. The SMILES string of the molecule is COc1cc(C=C2SC(=Nc3ccccc3)N(c3ccccc3)C2=O)c(Br)c(Br)c1O. The molecule has 1 saturated heterocycles. The molecule has 156 valence electrons. The van der Waals surface area contributed by atoms with Gasteiger partial charge in [0, 0.05) is 4.47 Å². The van der Waals surface area contributed by atoms with Gasteiger partial charge in [0.05, 0.1) is 27.9 Å². The van der Waals surface area contributed by atoms with Crippen molar-refractivity contribution in [2.24, 2.45) is 4.99 Å². The monoisotopic (exact) mass is 558 g/mol. The van der Waals surface area contributed by atoms with E-state index in [1.54, 1.807) is 17.0 Å².